The molecule has 2 heterocycles. The first-order valence-corrected chi connectivity index (χ1v) is 10.2. The van der Waals surface area contributed by atoms with Crippen molar-refractivity contribution in [2.75, 3.05) is 20.8 Å². The van der Waals surface area contributed by atoms with Crippen molar-refractivity contribution in [2.45, 2.75) is 13.0 Å². The number of methoxy groups -OCH3 is 2. The largest absolute Gasteiger partial charge is 0.497 e. The van der Waals surface area contributed by atoms with Crippen LogP contribution in [-0.2, 0) is 0 Å². The number of benzene rings is 2. The van der Waals surface area contributed by atoms with Crippen LogP contribution in [-0.4, -0.2) is 41.8 Å². The van der Waals surface area contributed by atoms with Crippen LogP contribution in [0.5, 0.6) is 11.5 Å². The van der Waals surface area contributed by atoms with Gasteiger partial charge in [-0.15, -0.1) is 6.58 Å². The van der Waals surface area contributed by atoms with E-state index in [9.17, 15) is 9.18 Å². The van der Waals surface area contributed by atoms with E-state index in [1.165, 1.54) is 19.2 Å². The number of halogens is 1. The Labute approximate surface area is 190 Å². The maximum Gasteiger partial charge on any atom is 0.322 e. The lowest BCUT2D eigenvalue weighted by atomic mass is 9.94. The number of hydrogen-bond acceptors (Lipinski definition) is 6. The topological polar surface area (TPSA) is 89.7 Å². The highest BCUT2D eigenvalue weighted by Crippen LogP contribution is 2.38. The van der Waals surface area contributed by atoms with Crippen molar-refractivity contribution in [1.29, 1.82) is 0 Å². The maximum absolute atomic E-state index is 14.2. The number of nitrogens with zero attached hydrogens (tertiary/aromatic N) is 3. The first kappa shape index (κ1) is 22.1. The van der Waals surface area contributed by atoms with E-state index in [1.807, 2.05) is 31.2 Å². The van der Waals surface area contributed by atoms with Crippen molar-refractivity contribution in [1.82, 2.24) is 20.4 Å². The van der Waals surface area contributed by atoms with Crippen LogP contribution in [0.2, 0.25) is 0 Å². The van der Waals surface area contributed by atoms with Gasteiger partial charge in [-0.05, 0) is 42.8 Å². The van der Waals surface area contributed by atoms with E-state index in [2.05, 4.69) is 22.0 Å². The van der Waals surface area contributed by atoms with Crippen molar-refractivity contribution < 1.29 is 23.2 Å². The Hall–Kier alpha value is -4.14. The van der Waals surface area contributed by atoms with E-state index in [0.717, 1.165) is 5.56 Å². The summed E-state index contributed by atoms with van der Waals surface area (Å²) in [7, 11) is 2.98. The Kier molecular flexibility index (Phi) is 6.12. The maximum atomic E-state index is 14.2. The molecule has 9 heteroatoms. The lowest BCUT2D eigenvalue weighted by Gasteiger charge is -2.34. The molecule has 8 nitrogen and oxygen atoms in total. The number of ether oxygens (including phenoxy) is 2. The highest BCUT2D eigenvalue weighted by atomic mass is 19.1. The Bertz CT molecular complexity index is 1220. The predicted octanol–water partition coefficient (Wildman–Crippen LogP) is 4.58. The van der Waals surface area contributed by atoms with Gasteiger partial charge in [0.2, 0.25) is 5.82 Å². The van der Waals surface area contributed by atoms with Gasteiger partial charge in [0.25, 0.3) is 5.89 Å². The van der Waals surface area contributed by atoms with E-state index in [1.54, 1.807) is 24.2 Å². The first-order chi connectivity index (χ1) is 16.0. The average Bonchev–Trinajstić information content (AvgIpc) is 3.31. The van der Waals surface area contributed by atoms with Gasteiger partial charge in [0.05, 0.1) is 25.8 Å². The minimum Gasteiger partial charge on any atom is -0.497 e. The molecule has 3 aromatic rings. The number of hydrogen-bond donors (Lipinski definition) is 1. The summed E-state index contributed by atoms with van der Waals surface area (Å²) in [4.78, 5) is 18.8. The van der Waals surface area contributed by atoms with Crippen molar-refractivity contribution >= 4 is 11.6 Å². The van der Waals surface area contributed by atoms with Crippen LogP contribution in [0.15, 0.2) is 65.3 Å². The van der Waals surface area contributed by atoms with E-state index in [-0.39, 0.29) is 23.5 Å². The molecule has 2 amide bonds. The fourth-order valence-corrected chi connectivity index (χ4v) is 3.71. The summed E-state index contributed by atoms with van der Waals surface area (Å²) in [6.07, 6.45) is 1.63. The molecular weight excluding hydrogens is 427 g/mol. The average molecular weight is 450 g/mol. The molecule has 0 saturated carbocycles. The summed E-state index contributed by atoms with van der Waals surface area (Å²) in [5.41, 5.74) is 2.53. The summed E-state index contributed by atoms with van der Waals surface area (Å²) in [6.45, 7) is 5.85. The van der Waals surface area contributed by atoms with Gasteiger partial charge in [-0.2, -0.15) is 4.98 Å². The fourth-order valence-electron chi connectivity index (χ4n) is 3.71. The van der Waals surface area contributed by atoms with Crippen molar-refractivity contribution in [3.8, 4) is 22.9 Å². The summed E-state index contributed by atoms with van der Waals surface area (Å²) < 4.78 is 30.0. The lowest BCUT2D eigenvalue weighted by molar-refractivity contribution is 0.209. The number of nitrogens with one attached hydrogen (secondary N) is 1. The Morgan fingerprint density at radius 2 is 1.97 bits per heavy atom. The lowest BCUT2D eigenvalue weighted by Crippen LogP contribution is -2.46. The standard InChI is InChI=1S/C24H23FN4O4/c1-5-12-29-14(2)20(21(26-24(29)30)15-6-9-17(31-3)10-7-15)23-27-22(28-33-23)16-8-11-19(32-4)18(25)13-16/h5-11,13,21H,1,12H2,2-4H3,(H,26,30). The van der Waals surface area contributed by atoms with Crippen LogP contribution in [0.4, 0.5) is 9.18 Å². The van der Waals surface area contributed by atoms with Gasteiger partial charge in [0.1, 0.15) is 5.75 Å². The molecule has 0 fully saturated rings. The Morgan fingerprint density at radius 1 is 1.21 bits per heavy atom. The van der Waals surface area contributed by atoms with Crippen LogP contribution in [0.25, 0.3) is 17.0 Å². The molecule has 33 heavy (non-hydrogen) atoms. The number of carbonyl (C=O) groups excluding carboxylic acids is 1. The zero-order valence-corrected chi connectivity index (χ0v) is 18.5. The summed E-state index contributed by atoms with van der Waals surface area (Å²) in [5.74, 6) is 0.713. The zero-order valence-electron chi connectivity index (χ0n) is 18.5. The summed E-state index contributed by atoms with van der Waals surface area (Å²) in [6, 6.07) is 11.0. The third-order valence-corrected chi connectivity index (χ3v) is 5.42. The number of rotatable bonds is 7. The van der Waals surface area contributed by atoms with Gasteiger partial charge in [0.15, 0.2) is 11.6 Å². The molecule has 0 radical (unpaired) electrons. The minimum atomic E-state index is -0.537. The smallest absolute Gasteiger partial charge is 0.322 e. The van der Waals surface area contributed by atoms with Crippen molar-refractivity contribution in [3.63, 3.8) is 0 Å². The van der Waals surface area contributed by atoms with E-state index < -0.39 is 11.9 Å². The van der Waals surface area contributed by atoms with Crippen LogP contribution in [0.3, 0.4) is 0 Å². The molecule has 0 bridgehead atoms. The third kappa shape index (κ3) is 4.17. The van der Waals surface area contributed by atoms with Crippen LogP contribution < -0.4 is 14.8 Å². The van der Waals surface area contributed by atoms with Crippen molar-refractivity contribution in [3.05, 3.63) is 78.1 Å². The molecule has 170 valence electrons. The molecule has 1 unspecified atom stereocenters. The Morgan fingerprint density at radius 3 is 2.61 bits per heavy atom. The number of allylic oxidation sites excluding steroid dienone is 1. The van der Waals surface area contributed by atoms with Gasteiger partial charge in [0, 0.05) is 17.8 Å². The van der Waals surface area contributed by atoms with Crippen LogP contribution >= 0.6 is 0 Å². The van der Waals surface area contributed by atoms with Crippen molar-refractivity contribution in [2.24, 2.45) is 0 Å². The highest BCUT2D eigenvalue weighted by Gasteiger charge is 2.35. The van der Waals surface area contributed by atoms with E-state index >= 15 is 0 Å². The highest BCUT2D eigenvalue weighted by molar-refractivity contribution is 5.87. The molecule has 1 aliphatic rings. The Balaban J connectivity index is 1.79. The molecule has 1 aromatic heterocycles. The van der Waals surface area contributed by atoms with Crippen LogP contribution in [0, 0.1) is 5.82 Å². The molecule has 4 rings (SSSR count). The van der Waals surface area contributed by atoms with Gasteiger partial charge >= 0.3 is 6.03 Å². The fraction of sp³-hybridized carbons (Fsp3) is 0.208. The molecule has 0 spiro atoms. The second kappa shape index (κ2) is 9.15. The third-order valence-electron chi connectivity index (χ3n) is 5.42. The number of urea groups is 1. The summed E-state index contributed by atoms with van der Waals surface area (Å²) in [5, 5.41) is 7.03. The molecule has 2 aromatic carbocycles. The van der Waals surface area contributed by atoms with Gasteiger partial charge in [-0.25, -0.2) is 9.18 Å². The first-order valence-electron chi connectivity index (χ1n) is 10.2. The molecule has 0 aliphatic carbocycles. The van der Waals surface area contributed by atoms with E-state index in [4.69, 9.17) is 14.0 Å². The van der Waals surface area contributed by atoms with Gasteiger partial charge < -0.3 is 19.3 Å². The second-order valence-electron chi connectivity index (χ2n) is 7.33. The van der Waals surface area contributed by atoms with Gasteiger partial charge in [-0.1, -0.05) is 23.4 Å². The normalized spacial score (nSPS) is 15.9. The predicted molar refractivity (Wildman–Crippen MR) is 120 cm³/mol. The molecular formula is C24H23FN4O4. The van der Waals surface area contributed by atoms with Gasteiger partial charge in [-0.3, -0.25) is 4.90 Å². The molecule has 1 atom stereocenters. The zero-order chi connectivity index (χ0) is 23.5. The number of amides is 2. The quantitative estimate of drug-likeness (QED) is 0.530. The van der Waals surface area contributed by atoms with E-state index in [0.29, 0.717) is 29.1 Å². The number of carbonyl (C=O) groups is 1. The SMILES string of the molecule is C=CCN1C(=O)NC(c2ccc(OC)cc2)C(c2nc(-c3ccc(OC)c(F)c3)no2)=C1C. The minimum absolute atomic E-state index is 0.121. The molecule has 1 N–H and O–H groups in total. The second-order valence-corrected chi connectivity index (χ2v) is 7.33. The van der Waals surface area contributed by atoms with Crippen LogP contribution in [0.1, 0.15) is 24.4 Å². The summed E-state index contributed by atoms with van der Waals surface area (Å²) >= 11 is 0. The number of aromatic nitrogens is 2. The monoisotopic (exact) mass is 450 g/mol. The molecule has 1 aliphatic heterocycles. The molecule has 0 saturated heterocycles.